The Morgan fingerprint density at radius 1 is 1.41 bits per heavy atom. The molecule has 2 aromatic heterocycles. The molecule has 4 rings (SSSR count). The Morgan fingerprint density at radius 3 is 3.03 bits per heavy atom. The van der Waals surface area contributed by atoms with E-state index in [2.05, 4.69) is 31.8 Å². The first-order valence-corrected chi connectivity index (χ1v) is 12.5. The molecular formula is C23H23BrClN5OS. The van der Waals surface area contributed by atoms with Gasteiger partial charge in [0.1, 0.15) is 5.82 Å². The van der Waals surface area contributed by atoms with Gasteiger partial charge in [-0.1, -0.05) is 35.9 Å². The molecule has 0 spiro atoms. The predicted molar refractivity (Wildman–Crippen MR) is 136 cm³/mol. The number of hydrogen-bond acceptors (Lipinski definition) is 5. The molecule has 1 aliphatic heterocycles. The molecule has 6 nitrogen and oxygen atoms in total. The van der Waals surface area contributed by atoms with Crippen molar-refractivity contribution >= 4 is 56.7 Å². The summed E-state index contributed by atoms with van der Waals surface area (Å²) < 4.78 is 2.57. The van der Waals surface area contributed by atoms with E-state index in [-0.39, 0.29) is 5.91 Å². The summed E-state index contributed by atoms with van der Waals surface area (Å²) >= 11 is 11.7. The van der Waals surface area contributed by atoms with E-state index in [0.717, 1.165) is 40.1 Å². The van der Waals surface area contributed by atoms with Crippen LogP contribution in [0.5, 0.6) is 0 Å². The molecule has 0 fully saturated rings. The molecule has 32 heavy (non-hydrogen) atoms. The lowest BCUT2D eigenvalue weighted by Crippen LogP contribution is -2.27. The molecule has 3 heterocycles. The van der Waals surface area contributed by atoms with Crippen LogP contribution in [0.3, 0.4) is 0 Å². The third kappa shape index (κ3) is 5.36. The standard InChI is InChI=1S/C23H23BrClN5OS/c1-29(22(31)8-7-16-9-12-32-15-16)11-4-10-26-21-13-20(17-5-2-3-6-19(17)25)28-23-18(24)14-27-30(21)23/h2-3,5-8,13-15,26H,4,9-12H2,1H3/b8-7+. The van der Waals surface area contributed by atoms with Crippen LogP contribution < -0.4 is 5.32 Å². The second-order valence-corrected chi connectivity index (χ2v) is 9.66. The molecular weight excluding hydrogens is 510 g/mol. The van der Waals surface area contributed by atoms with Crippen molar-refractivity contribution in [2.45, 2.75) is 12.8 Å². The Balaban J connectivity index is 1.41. The van der Waals surface area contributed by atoms with Gasteiger partial charge in [-0.3, -0.25) is 4.79 Å². The summed E-state index contributed by atoms with van der Waals surface area (Å²) in [6.45, 7) is 1.33. The van der Waals surface area contributed by atoms with Gasteiger partial charge in [0.15, 0.2) is 5.65 Å². The van der Waals surface area contributed by atoms with Crippen LogP contribution in [0, 0.1) is 0 Å². The van der Waals surface area contributed by atoms with Gasteiger partial charge in [-0.25, -0.2) is 4.98 Å². The van der Waals surface area contributed by atoms with Crippen molar-refractivity contribution < 1.29 is 4.79 Å². The van der Waals surface area contributed by atoms with Crippen LogP contribution in [-0.2, 0) is 4.79 Å². The number of nitrogens with one attached hydrogen (secondary N) is 1. The summed E-state index contributed by atoms with van der Waals surface area (Å²) in [7, 11) is 1.83. The van der Waals surface area contributed by atoms with Crippen molar-refractivity contribution in [1.29, 1.82) is 0 Å². The molecule has 1 amide bonds. The van der Waals surface area contributed by atoms with Gasteiger partial charge in [0.25, 0.3) is 0 Å². The number of rotatable bonds is 8. The molecule has 1 N–H and O–H groups in total. The van der Waals surface area contributed by atoms with Crippen molar-refractivity contribution in [3.05, 3.63) is 69.2 Å². The number of anilines is 1. The van der Waals surface area contributed by atoms with Crippen molar-refractivity contribution in [3.8, 4) is 11.3 Å². The average molecular weight is 533 g/mol. The van der Waals surface area contributed by atoms with E-state index < -0.39 is 0 Å². The minimum absolute atomic E-state index is 0.0196. The van der Waals surface area contributed by atoms with Crippen LogP contribution in [0.25, 0.3) is 16.9 Å². The van der Waals surface area contributed by atoms with Crippen molar-refractivity contribution in [2.24, 2.45) is 0 Å². The van der Waals surface area contributed by atoms with Crippen LogP contribution in [0.1, 0.15) is 12.8 Å². The zero-order valence-corrected chi connectivity index (χ0v) is 20.8. The number of nitrogens with zero attached hydrogens (tertiary/aromatic N) is 4. The van der Waals surface area contributed by atoms with E-state index in [0.29, 0.717) is 23.8 Å². The number of aromatic nitrogens is 3. The molecule has 3 aromatic rings. The number of allylic oxidation sites excluding steroid dienone is 2. The van der Waals surface area contributed by atoms with Gasteiger partial charge in [0, 0.05) is 48.6 Å². The highest BCUT2D eigenvalue weighted by Crippen LogP contribution is 2.30. The Morgan fingerprint density at radius 2 is 2.25 bits per heavy atom. The Hall–Kier alpha value is -2.29. The molecule has 0 saturated carbocycles. The summed E-state index contributed by atoms with van der Waals surface area (Å²) in [5.74, 6) is 1.93. The van der Waals surface area contributed by atoms with Gasteiger partial charge in [-0.2, -0.15) is 9.61 Å². The van der Waals surface area contributed by atoms with Gasteiger partial charge in [0.05, 0.1) is 16.4 Å². The predicted octanol–water partition coefficient (Wildman–Crippen LogP) is 5.65. The van der Waals surface area contributed by atoms with Crippen LogP contribution in [0.15, 0.2) is 64.1 Å². The highest BCUT2D eigenvalue weighted by atomic mass is 79.9. The lowest BCUT2D eigenvalue weighted by molar-refractivity contribution is -0.124. The second kappa shape index (κ2) is 10.6. The number of halogens is 2. The molecule has 1 aromatic carbocycles. The lowest BCUT2D eigenvalue weighted by atomic mass is 10.1. The van der Waals surface area contributed by atoms with E-state index in [1.54, 1.807) is 33.5 Å². The topological polar surface area (TPSA) is 62.5 Å². The number of hydrogen-bond donors (Lipinski definition) is 1. The summed E-state index contributed by atoms with van der Waals surface area (Å²) in [6.07, 6.45) is 7.14. The molecule has 0 unspecified atom stereocenters. The van der Waals surface area contributed by atoms with Crippen molar-refractivity contribution in [3.63, 3.8) is 0 Å². The summed E-state index contributed by atoms with van der Waals surface area (Å²) in [5, 5.41) is 10.6. The van der Waals surface area contributed by atoms with E-state index in [1.807, 2.05) is 43.5 Å². The average Bonchev–Trinajstić information content (AvgIpc) is 3.45. The van der Waals surface area contributed by atoms with E-state index in [4.69, 9.17) is 16.6 Å². The number of amides is 1. The van der Waals surface area contributed by atoms with Gasteiger partial charge in [-0.15, -0.1) is 11.8 Å². The van der Waals surface area contributed by atoms with E-state index in [1.165, 1.54) is 5.57 Å². The van der Waals surface area contributed by atoms with E-state index >= 15 is 0 Å². The quantitative estimate of drug-likeness (QED) is 0.300. The monoisotopic (exact) mass is 531 g/mol. The van der Waals surface area contributed by atoms with Gasteiger partial charge < -0.3 is 10.2 Å². The van der Waals surface area contributed by atoms with Gasteiger partial charge in [-0.05, 0) is 45.8 Å². The van der Waals surface area contributed by atoms with Crippen LogP contribution in [-0.4, -0.2) is 51.3 Å². The maximum atomic E-state index is 12.3. The fraction of sp³-hybridized carbons (Fsp3) is 0.261. The molecule has 0 atom stereocenters. The Bertz CT molecular complexity index is 1190. The Kier molecular flexibility index (Phi) is 7.55. The largest absolute Gasteiger partial charge is 0.370 e. The normalized spacial score (nSPS) is 13.7. The minimum Gasteiger partial charge on any atom is -0.370 e. The van der Waals surface area contributed by atoms with Crippen molar-refractivity contribution in [2.75, 3.05) is 31.2 Å². The molecule has 0 saturated heterocycles. The van der Waals surface area contributed by atoms with Gasteiger partial charge in [0.2, 0.25) is 5.91 Å². The molecule has 0 bridgehead atoms. The molecule has 0 aliphatic carbocycles. The number of likely N-dealkylation sites (N-methyl/N-ethyl adjacent to an activating group) is 1. The van der Waals surface area contributed by atoms with Crippen LogP contribution in [0.2, 0.25) is 5.02 Å². The van der Waals surface area contributed by atoms with Crippen molar-refractivity contribution in [1.82, 2.24) is 19.5 Å². The van der Waals surface area contributed by atoms with Crippen LogP contribution in [0.4, 0.5) is 5.82 Å². The Labute approximate surface area is 204 Å². The molecule has 0 radical (unpaired) electrons. The maximum absolute atomic E-state index is 12.3. The minimum atomic E-state index is 0.0196. The highest BCUT2D eigenvalue weighted by molar-refractivity contribution is 9.10. The second-order valence-electron chi connectivity index (χ2n) is 7.42. The number of carbonyl (C=O) groups excluding carboxylic acids is 1. The third-order valence-electron chi connectivity index (χ3n) is 5.11. The SMILES string of the molecule is CN(CCCNc1cc(-c2ccccc2Cl)nc2c(Br)cnn12)C(=O)/C=C/C1=CSCC1. The summed E-state index contributed by atoms with van der Waals surface area (Å²) in [4.78, 5) is 18.8. The maximum Gasteiger partial charge on any atom is 0.246 e. The highest BCUT2D eigenvalue weighted by Gasteiger charge is 2.13. The number of carbonyl (C=O) groups is 1. The third-order valence-corrected chi connectivity index (χ3v) is 6.91. The van der Waals surface area contributed by atoms with Gasteiger partial charge >= 0.3 is 0 Å². The molecule has 1 aliphatic rings. The smallest absolute Gasteiger partial charge is 0.246 e. The zero-order chi connectivity index (χ0) is 22.5. The lowest BCUT2D eigenvalue weighted by Gasteiger charge is -2.16. The first-order valence-electron chi connectivity index (χ1n) is 10.3. The first kappa shape index (κ1) is 22.9. The number of benzene rings is 1. The molecule has 9 heteroatoms. The van der Waals surface area contributed by atoms with E-state index in [9.17, 15) is 4.79 Å². The number of thioether (sulfide) groups is 1. The number of fused-ring (bicyclic) bond motifs is 1. The zero-order valence-electron chi connectivity index (χ0n) is 17.6. The fourth-order valence-corrected chi connectivity index (χ4v) is 4.80. The summed E-state index contributed by atoms with van der Waals surface area (Å²) in [6, 6.07) is 9.58. The summed E-state index contributed by atoms with van der Waals surface area (Å²) in [5.41, 5.74) is 3.56. The molecule has 166 valence electrons. The van der Waals surface area contributed by atoms with Crippen LogP contribution >= 0.6 is 39.3 Å². The first-order chi connectivity index (χ1) is 15.5. The fourth-order valence-electron chi connectivity index (χ4n) is 3.34.